The lowest BCUT2D eigenvalue weighted by Crippen LogP contribution is -2.25. The fourth-order valence-electron chi connectivity index (χ4n) is 0.116. The van der Waals surface area contributed by atoms with Crippen molar-refractivity contribution in [3.63, 3.8) is 0 Å². The highest BCUT2D eigenvalue weighted by Crippen LogP contribution is 1.49. The summed E-state index contributed by atoms with van der Waals surface area (Å²) >= 11 is 0. The first-order chi connectivity index (χ1) is 3.27. The molecule has 0 aliphatic carbocycles. The molecule has 1 radical (unpaired) electrons. The third kappa shape index (κ3) is 4.94. The number of guanidine groups is 1. The predicted molar refractivity (Wildman–Crippen MR) is 28.2 cm³/mol. The fraction of sp³-hybridized carbons (Fsp3) is 0.333. The van der Waals surface area contributed by atoms with Crippen molar-refractivity contribution in [2.24, 2.45) is 10.8 Å². The first-order valence-corrected chi connectivity index (χ1v) is 1.74. The molecule has 0 saturated carbocycles. The van der Waals surface area contributed by atoms with Gasteiger partial charge in [-0.25, -0.2) is 5.43 Å². The second kappa shape index (κ2) is 3.14. The Labute approximate surface area is 41.9 Å². The Kier molecular flexibility index (Phi) is 2.67. The molecule has 4 nitrogen and oxygen atoms in total. The molecule has 0 aliphatic rings. The van der Waals surface area contributed by atoms with Crippen LogP contribution in [0, 0.1) is 5.41 Å². The van der Waals surface area contributed by atoms with Gasteiger partial charge in [-0.1, -0.05) is 0 Å². The average molecular weight is 99.1 g/mol. The summed E-state index contributed by atoms with van der Waals surface area (Å²) in [5.74, 6) is -0.172. The van der Waals surface area contributed by atoms with Gasteiger partial charge in [0.25, 0.3) is 0 Å². The van der Waals surface area contributed by atoms with Crippen molar-refractivity contribution >= 4 is 12.2 Å². The van der Waals surface area contributed by atoms with Gasteiger partial charge in [0.05, 0.1) is 6.21 Å². The minimum absolute atomic E-state index is 0.172. The third-order valence-corrected chi connectivity index (χ3v) is 0.288. The van der Waals surface area contributed by atoms with Crippen LogP contribution in [0.3, 0.4) is 0 Å². The molecule has 39 valence electrons. The molecule has 0 aromatic rings. The van der Waals surface area contributed by atoms with Gasteiger partial charge in [-0.05, 0) is 6.92 Å². The lowest BCUT2D eigenvalue weighted by Gasteiger charge is -1.88. The Morgan fingerprint density at radius 1 is 2.00 bits per heavy atom. The first-order valence-electron chi connectivity index (χ1n) is 1.74. The normalized spacial score (nSPS) is 9.29. The SMILES string of the molecule is C/[C]=N\NC(=N)N. The van der Waals surface area contributed by atoms with E-state index in [1.54, 1.807) is 6.92 Å². The Hall–Kier alpha value is -1.06. The lowest BCUT2D eigenvalue weighted by atomic mass is 10.9. The van der Waals surface area contributed by atoms with Crippen LogP contribution in [-0.4, -0.2) is 12.2 Å². The summed E-state index contributed by atoms with van der Waals surface area (Å²) in [5.41, 5.74) is 6.99. The van der Waals surface area contributed by atoms with E-state index in [4.69, 9.17) is 11.1 Å². The second-order valence-corrected chi connectivity index (χ2v) is 0.861. The maximum absolute atomic E-state index is 6.53. The van der Waals surface area contributed by atoms with Gasteiger partial charge in [-0.15, -0.1) is 0 Å². The van der Waals surface area contributed by atoms with Gasteiger partial charge in [0.2, 0.25) is 5.96 Å². The van der Waals surface area contributed by atoms with E-state index in [-0.39, 0.29) is 5.96 Å². The van der Waals surface area contributed by atoms with Crippen LogP contribution < -0.4 is 11.2 Å². The maximum Gasteiger partial charge on any atom is 0.206 e. The zero-order chi connectivity index (χ0) is 5.70. The molecule has 0 aromatic heterocycles. The van der Waals surface area contributed by atoms with Crippen molar-refractivity contribution in [1.29, 1.82) is 5.41 Å². The highest BCUT2D eigenvalue weighted by Gasteiger charge is 1.73. The van der Waals surface area contributed by atoms with Crippen LogP contribution in [0.1, 0.15) is 6.92 Å². The highest BCUT2D eigenvalue weighted by molar-refractivity contribution is 5.74. The van der Waals surface area contributed by atoms with E-state index in [0.717, 1.165) is 0 Å². The van der Waals surface area contributed by atoms with E-state index in [9.17, 15) is 0 Å². The monoisotopic (exact) mass is 99.1 g/mol. The molecule has 7 heavy (non-hydrogen) atoms. The predicted octanol–water partition coefficient (Wildman–Crippen LogP) is -0.648. The van der Waals surface area contributed by atoms with Crippen LogP contribution >= 0.6 is 0 Å². The number of nitrogens with one attached hydrogen (secondary N) is 2. The van der Waals surface area contributed by atoms with Gasteiger partial charge in [-0.3, -0.25) is 5.41 Å². The summed E-state index contributed by atoms with van der Waals surface area (Å²) in [6, 6.07) is 0. The molecule has 0 fully saturated rings. The third-order valence-electron chi connectivity index (χ3n) is 0.288. The topological polar surface area (TPSA) is 74.3 Å². The molecule has 0 amide bonds. The van der Waals surface area contributed by atoms with E-state index in [1.165, 1.54) is 0 Å². The van der Waals surface area contributed by atoms with Gasteiger partial charge in [0, 0.05) is 0 Å². The maximum atomic E-state index is 6.53. The number of hydrogen-bond donors (Lipinski definition) is 3. The smallest absolute Gasteiger partial charge is 0.206 e. The number of hydrazone groups is 1. The van der Waals surface area contributed by atoms with Gasteiger partial charge in [-0.2, -0.15) is 5.10 Å². The molecule has 0 unspecified atom stereocenters. The van der Waals surface area contributed by atoms with Crippen molar-refractivity contribution in [1.82, 2.24) is 5.43 Å². The largest absolute Gasteiger partial charge is 0.369 e. The zero-order valence-electron chi connectivity index (χ0n) is 4.02. The summed E-state index contributed by atoms with van der Waals surface area (Å²) in [4.78, 5) is 0. The van der Waals surface area contributed by atoms with Crippen LogP contribution in [0.25, 0.3) is 0 Å². The zero-order valence-corrected chi connectivity index (χ0v) is 4.02. The molecule has 0 saturated heterocycles. The minimum atomic E-state index is -0.172. The average Bonchev–Trinajstić information content (AvgIpc) is 1.61. The quantitative estimate of drug-likeness (QED) is 0.232. The Morgan fingerprint density at radius 3 is 2.71 bits per heavy atom. The molecule has 4 heteroatoms. The molecule has 4 N–H and O–H groups in total. The fourth-order valence-corrected chi connectivity index (χ4v) is 0.116. The number of hydrogen-bond acceptors (Lipinski definition) is 2. The van der Waals surface area contributed by atoms with Crippen molar-refractivity contribution in [2.75, 3.05) is 0 Å². The Balaban J connectivity index is 3.14. The minimum Gasteiger partial charge on any atom is -0.369 e. The number of nitrogens with zero attached hydrogens (tertiary/aromatic N) is 1. The Bertz CT molecular complexity index is 84.9. The molecular weight excluding hydrogens is 92.1 g/mol. The van der Waals surface area contributed by atoms with E-state index >= 15 is 0 Å². The Morgan fingerprint density at radius 2 is 2.57 bits per heavy atom. The summed E-state index contributed by atoms with van der Waals surface area (Å²) in [5, 5.41) is 9.85. The van der Waals surface area contributed by atoms with E-state index < -0.39 is 0 Å². The van der Waals surface area contributed by atoms with Crippen LogP contribution in [0.15, 0.2) is 5.10 Å². The summed E-state index contributed by atoms with van der Waals surface area (Å²) < 4.78 is 0. The number of nitrogens with two attached hydrogens (primary N) is 1. The van der Waals surface area contributed by atoms with Gasteiger partial charge < -0.3 is 5.73 Å². The van der Waals surface area contributed by atoms with Crippen molar-refractivity contribution in [3.05, 3.63) is 0 Å². The lowest BCUT2D eigenvalue weighted by molar-refractivity contribution is 1.00. The molecular formula is C3H7N4. The molecule has 0 aliphatic heterocycles. The van der Waals surface area contributed by atoms with E-state index in [0.29, 0.717) is 0 Å². The van der Waals surface area contributed by atoms with Crippen molar-refractivity contribution in [3.8, 4) is 0 Å². The van der Waals surface area contributed by atoms with E-state index in [1.807, 2.05) is 0 Å². The van der Waals surface area contributed by atoms with Crippen LogP contribution in [0.4, 0.5) is 0 Å². The second-order valence-electron chi connectivity index (χ2n) is 0.861. The molecule has 0 bridgehead atoms. The number of rotatable bonds is 1. The summed E-state index contributed by atoms with van der Waals surface area (Å²) in [7, 11) is 0. The molecule has 0 atom stereocenters. The van der Waals surface area contributed by atoms with Crippen molar-refractivity contribution in [2.45, 2.75) is 6.92 Å². The first kappa shape index (κ1) is 5.94. The standard InChI is InChI=1S/C3H7N4/c1-2-6-7-3(4)5/h1H3,(H4,4,5,7). The van der Waals surface area contributed by atoms with Gasteiger partial charge in [0.15, 0.2) is 0 Å². The van der Waals surface area contributed by atoms with Gasteiger partial charge in [0.1, 0.15) is 0 Å². The summed E-state index contributed by atoms with van der Waals surface area (Å²) in [6.45, 7) is 1.61. The molecule has 0 spiro atoms. The molecule has 0 heterocycles. The molecule has 0 rings (SSSR count). The van der Waals surface area contributed by atoms with Gasteiger partial charge >= 0.3 is 0 Å². The highest BCUT2D eigenvalue weighted by atomic mass is 15.3. The van der Waals surface area contributed by atoms with Crippen LogP contribution in [-0.2, 0) is 0 Å². The van der Waals surface area contributed by atoms with Crippen LogP contribution in [0.2, 0.25) is 0 Å². The van der Waals surface area contributed by atoms with Crippen LogP contribution in [0.5, 0.6) is 0 Å². The summed E-state index contributed by atoms with van der Waals surface area (Å²) in [6.07, 6.45) is 2.39. The molecule has 0 aromatic carbocycles. The van der Waals surface area contributed by atoms with E-state index in [2.05, 4.69) is 16.7 Å². The van der Waals surface area contributed by atoms with Crippen molar-refractivity contribution < 1.29 is 0 Å².